The SMILES string of the molecule is COc1ccc(NC(=O)C(C#N)=Cc2ccccc2Cl)cc1. The Morgan fingerprint density at radius 3 is 2.50 bits per heavy atom. The van der Waals surface area contributed by atoms with Crippen molar-refractivity contribution in [3.05, 3.63) is 64.7 Å². The lowest BCUT2D eigenvalue weighted by Crippen LogP contribution is -2.13. The van der Waals surface area contributed by atoms with Gasteiger partial charge in [-0.15, -0.1) is 0 Å². The number of nitrogens with one attached hydrogen (secondary N) is 1. The second-order valence-electron chi connectivity index (χ2n) is 4.37. The average Bonchev–Trinajstić information content (AvgIpc) is 2.54. The van der Waals surface area contributed by atoms with Gasteiger partial charge in [-0.1, -0.05) is 29.8 Å². The molecule has 0 unspecified atom stereocenters. The van der Waals surface area contributed by atoms with Gasteiger partial charge in [0.1, 0.15) is 17.4 Å². The summed E-state index contributed by atoms with van der Waals surface area (Å²) in [6.45, 7) is 0. The molecule has 22 heavy (non-hydrogen) atoms. The van der Waals surface area contributed by atoms with Crippen molar-refractivity contribution < 1.29 is 9.53 Å². The standard InChI is InChI=1S/C17H13ClN2O2/c1-22-15-8-6-14(7-9-15)20-17(21)13(11-19)10-12-4-2-3-5-16(12)18/h2-10H,1H3,(H,20,21). The summed E-state index contributed by atoms with van der Waals surface area (Å²) in [6.07, 6.45) is 1.46. The van der Waals surface area contributed by atoms with Crippen LogP contribution in [0.25, 0.3) is 6.08 Å². The van der Waals surface area contributed by atoms with Crippen molar-refractivity contribution in [2.45, 2.75) is 0 Å². The van der Waals surface area contributed by atoms with Crippen LogP contribution in [0.15, 0.2) is 54.1 Å². The fraction of sp³-hybridized carbons (Fsp3) is 0.0588. The van der Waals surface area contributed by atoms with Crippen LogP contribution >= 0.6 is 11.6 Å². The van der Waals surface area contributed by atoms with E-state index in [2.05, 4.69) is 5.32 Å². The number of benzene rings is 2. The molecule has 0 aliphatic rings. The Kier molecular flexibility index (Phi) is 5.18. The summed E-state index contributed by atoms with van der Waals surface area (Å²) < 4.78 is 5.04. The predicted molar refractivity (Wildman–Crippen MR) is 86.7 cm³/mol. The van der Waals surface area contributed by atoms with E-state index in [4.69, 9.17) is 21.6 Å². The maximum atomic E-state index is 12.1. The van der Waals surface area contributed by atoms with Gasteiger partial charge in [0, 0.05) is 10.7 Å². The van der Waals surface area contributed by atoms with Crippen LogP contribution < -0.4 is 10.1 Å². The number of methoxy groups -OCH3 is 1. The number of carbonyl (C=O) groups excluding carboxylic acids is 1. The first-order valence-corrected chi connectivity index (χ1v) is 6.83. The van der Waals surface area contributed by atoms with Crippen molar-refractivity contribution in [2.24, 2.45) is 0 Å². The summed E-state index contributed by atoms with van der Waals surface area (Å²) in [4.78, 5) is 12.1. The highest BCUT2D eigenvalue weighted by atomic mass is 35.5. The van der Waals surface area contributed by atoms with Gasteiger partial charge in [-0.25, -0.2) is 0 Å². The number of carbonyl (C=O) groups is 1. The monoisotopic (exact) mass is 312 g/mol. The van der Waals surface area contributed by atoms with Crippen LogP contribution in [0.1, 0.15) is 5.56 Å². The third-order valence-corrected chi connectivity index (χ3v) is 3.26. The van der Waals surface area contributed by atoms with Gasteiger partial charge in [-0.05, 0) is 42.0 Å². The maximum Gasteiger partial charge on any atom is 0.266 e. The summed E-state index contributed by atoms with van der Waals surface area (Å²) in [5, 5.41) is 12.3. The van der Waals surface area contributed by atoms with Crippen LogP contribution in [0.5, 0.6) is 5.75 Å². The van der Waals surface area contributed by atoms with Gasteiger partial charge in [0.2, 0.25) is 0 Å². The molecule has 2 aromatic carbocycles. The lowest BCUT2D eigenvalue weighted by molar-refractivity contribution is -0.112. The van der Waals surface area contributed by atoms with Crippen molar-refractivity contribution >= 4 is 29.3 Å². The third kappa shape index (κ3) is 3.87. The zero-order valence-electron chi connectivity index (χ0n) is 11.8. The van der Waals surface area contributed by atoms with E-state index in [0.29, 0.717) is 22.0 Å². The van der Waals surface area contributed by atoms with Crippen LogP contribution in [0.4, 0.5) is 5.69 Å². The van der Waals surface area contributed by atoms with E-state index in [1.165, 1.54) is 6.08 Å². The Bertz CT molecular complexity index is 746. The molecule has 4 nitrogen and oxygen atoms in total. The first kappa shape index (κ1) is 15.6. The molecule has 0 spiro atoms. The Morgan fingerprint density at radius 1 is 1.23 bits per heavy atom. The first-order valence-electron chi connectivity index (χ1n) is 6.46. The lowest BCUT2D eigenvalue weighted by atomic mass is 10.1. The molecule has 0 bridgehead atoms. The third-order valence-electron chi connectivity index (χ3n) is 2.92. The van der Waals surface area contributed by atoms with Gasteiger partial charge in [0.25, 0.3) is 5.91 Å². The van der Waals surface area contributed by atoms with Crippen LogP contribution in [0, 0.1) is 11.3 Å². The minimum absolute atomic E-state index is 0.0241. The van der Waals surface area contributed by atoms with Crippen molar-refractivity contribution in [3.8, 4) is 11.8 Å². The topological polar surface area (TPSA) is 62.1 Å². The number of amides is 1. The van der Waals surface area contributed by atoms with Crippen molar-refractivity contribution in [3.63, 3.8) is 0 Å². The summed E-state index contributed by atoms with van der Waals surface area (Å²) in [5.41, 5.74) is 1.17. The molecular formula is C17H13ClN2O2. The van der Waals surface area contributed by atoms with Gasteiger partial charge >= 0.3 is 0 Å². The Balaban J connectivity index is 2.19. The fourth-order valence-corrected chi connectivity index (χ4v) is 1.96. The minimum atomic E-state index is -0.493. The fourth-order valence-electron chi connectivity index (χ4n) is 1.77. The highest BCUT2D eigenvalue weighted by molar-refractivity contribution is 6.32. The molecular weight excluding hydrogens is 300 g/mol. The average molecular weight is 313 g/mol. The molecule has 0 saturated heterocycles. The largest absolute Gasteiger partial charge is 0.497 e. The van der Waals surface area contributed by atoms with E-state index < -0.39 is 5.91 Å². The number of anilines is 1. The van der Waals surface area contributed by atoms with E-state index in [1.54, 1.807) is 55.6 Å². The number of nitriles is 1. The van der Waals surface area contributed by atoms with Gasteiger partial charge in [0.15, 0.2) is 0 Å². The normalized spacial score (nSPS) is 10.7. The summed E-state index contributed by atoms with van der Waals surface area (Å²) >= 11 is 6.02. The molecule has 0 saturated carbocycles. The molecule has 0 atom stereocenters. The summed E-state index contributed by atoms with van der Waals surface area (Å²) in [6, 6.07) is 15.7. The second-order valence-corrected chi connectivity index (χ2v) is 4.78. The quantitative estimate of drug-likeness (QED) is 0.688. The lowest BCUT2D eigenvalue weighted by Gasteiger charge is -2.06. The summed E-state index contributed by atoms with van der Waals surface area (Å²) in [5.74, 6) is 0.192. The van der Waals surface area contributed by atoms with Crippen molar-refractivity contribution in [2.75, 3.05) is 12.4 Å². The molecule has 1 amide bonds. The molecule has 2 aromatic rings. The zero-order valence-corrected chi connectivity index (χ0v) is 12.6. The van der Waals surface area contributed by atoms with E-state index in [0.717, 1.165) is 0 Å². The minimum Gasteiger partial charge on any atom is -0.497 e. The molecule has 0 aliphatic carbocycles. The molecule has 0 heterocycles. The molecule has 0 aromatic heterocycles. The Hall–Kier alpha value is -2.77. The van der Waals surface area contributed by atoms with Crippen LogP contribution in [-0.4, -0.2) is 13.0 Å². The molecule has 1 N–H and O–H groups in total. The Morgan fingerprint density at radius 2 is 1.91 bits per heavy atom. The van der Waals surface area contributed by atoms with Crippen LogP contribution in [0.2, 0.25) is 5.02 Å². The van der Waals surface area contributed by atoms with Gasteiger partial charge in [-0.3, -0.25) is 4.79 Å². The number of nitrogens with zero attached hydrogens (tertiary/aromatic N) is 1. The van der Waals surface area contributed by atoms with E-state index in [1.807, 2.05) is 6.07 Å². The van der Waals surface area contributed by atoms with E-state index in [9.17, 15) is 4.79 Å². The predicted octanol–water partition coefficient (Wildman–Crippen LogP) is 3.89. The first-order chi connectivity index (χ1) is 10.6. The molecule has 110 valence electrons. The molecule has 5 heteroatoms. The van der Waals surface area contributed by atoms with Crippen LogP contribution in [-0.2, 0) is 4.79 Å². The summed E-state index contributed by atoms with van der Waals surface area (Å²) in [7, 11) is 1.56. The zero-order chi connectivity index (χ0) is 15.9. The van der Waals surface area contributed by atoms with Gasteiger partial charge < -0.3 is 10.1 Å². The van der Waals surface area contributed by atoms with Gasteiger partial charge in [0.05, 0.1) is 7.11 Å². The number of halogens is 1. The number of hydrogen-bond acceptors (Lipinski definition) is 3. The van der Waals surface area contributed by atoms with Crippen molar-refractivity contribution in [1.29, 1.82) is 5.26 Å². The number of rotatable bonds is 4. The highest BCUT2D eigenvalue weighted by Crippen LogP contribution is 2.19. The van der Waals surface area contributed by atoms with E-state index >= 15 is 0 Å². The highest BCUT2D eigenvalue weighted by Gasteiger charge is 2.10. The number of ether oxygens (including phenoxy) is 1. The van der Waals surface area contributed by atoms with Crippen LogP contribution in [0.3, 0.4) is 0 Å². The molecule has 0 radical (unpaired) electrons. The Labute approximate surface area is 133 Å². The van der Waals surface area contributed by atoms with Crippen molar-refractivity contribution in [1.82, 2.24) is 0 Å². The molecule has 0 aliphatic heterocycles. The molecule has 0 fully saturated rings. The smallest absolute Gasteiger partial charge is 0.266 e. The maximum absolute atomic E-state index is 12.1. The molecule has 2 rings (SSSR count). The number of hydrogen-bond donors (Lipinski definition) is 1. The van der Waals surface area contributed by atoms with Gasteiger partial charge in [-0.2, -0.15) is 5.26 Å². The second kappa shape index (κ2) is 7.30. The van der Waals surface area contributed by atoms with E-state index in [-0.39, 0.29) is 5.57 Å².